The number of fused-ring (bicyclic) bond motifs is 1. The number of halogens is 1. The molecule has 0 aliphatic rings. The summed E-state index contributed by atoms with van der Waals surface area (Å²) in [6, 6.07) is 18.1. The average Bonchev–Trinajstić information content (AvgIpc) is 2.83. The smallest absolute Gasteiger partial charge is 0.123 e. The van der Waals surface area contributed by atoms with Gasteiger partial charge in [0.25, 0.3) is 0 Å². The van der Waals surface area contributed by atoms with E-state index in [2.05, 4.69) is 22.8 Å². The Kier molecular flexibility index (Phi) is 3.53. The Bertz CT molecular complexity index is 676. The van der Waals surface area contributed by atoms with Crippen LogP contribution in [0.1, 0.15) is 5.56 Å². The summed E-state index contributed by atoms with van der Waals surface area (Å²) in [7, 11) is 0. The van der Waals surface area contributed by atoms with Crippen LogP contribution in [0.25, 0.3) is 10.9 Å². The highest BCUT2D eigenvalue weighted by atomic mass is 35.5. The van der Waals surface area contributed by atoms with Gasteiger partial charge in [-0.1, -0.05) is 48.0 Å². The van der Waals surface area contributed by atoms with E-state index in [4.69, 9.17) is 16.3 Å². The number of hydrogen-bond acceptors (Lipinski definition) is 1. The van der Waals surface area contributed by atoms with E-state index in [9.17, 15) is 0 Å². The van der Waals surface area contributed by atoms with Gasteiger partial charge >= 0.3 is 0 Å². The molecular formula is C16H14ClNO. The van der Waals surface area contributed by atoms with E-state index in [0.717, 1.165) is 10.5 Å². The minimum atomic E-state index is 0.527. The molecule has 0 aliphatic heterocycles. The van der Waals surface area contributed by atoms with Gasteiger partial charge in [-0.25, -0.2) is 0 Å². The maximum Gasteiger partial charge on any atom is 0.123 e. The highest BCUT2D eigenvalue weighted by Gasteiger charge is 2.01. The van der Waals surface area contributed by atoms with Crippen molar-refractivity contribution in [1.29, 1.82) is 0 Å². The summed E-state index contributed by atoms with van der Waals surface area (Å²) in [6.07, 6.45) is 2.02. The zero-order valence-electron chi connectivity index (χ0n) is 10.4. The van der Waals surface area contributed by atoms with Crippen molar-refractivity contribution in [2.75, 3.05) is 0 Å². The number of hydrogen-bond donors (Lipinski definition) is 0. The Balaban J connectivity index is 1.70. The van der Waals surface area contributed by atoms with Crippen molar-refractivity contribution < 1.29 is 4.74 Å². The van der Waals surface area contributed by atoms with Gasteiger partial charge in [0, 0.05) is 11.2 Å². The highest BCUT2D eigenvalue weighted by molar-refractivity contribution is 6.31. The largest absolute Gasteiger partial charge is 0.356 e. The zero-order valence-corrected chi connectivity index (χ0v) is 11.2. The van der Waals surface area contributed by atoms with Crippen molar-refractivity contribution in [3.05, 3.63) is 71.4 Å². The van der Waals surface area contributed by atoms with Crippen LogP contribution in [-0.2, 0) is 18.1 Å². The first-order valence-corrected chi connectivity index (χ1v) is 6.57. The molecule has 0 saturated carbocycles. The Hall–Kier alpha value is -1.77. The van der Waals surface area contributed by atoms with Crippen LogP contribution in [0.4, 0.5) is 0 Å². The Labute approximate surface area is 117 Å². The fraction of sp³-hybridized carbons (Fsp3) is 0.125. The predicted molar refractivity (Wildman–Crippen MR) is 78.2 cm³/mol. The van der Waals surface area contributed by atoms with Gasteiger partial charge in [-0.3, -0.25) is 0 Å². The summed E-state index contributed by atoms with van der Waals surface area (Å²) < 4.78 is 7.79. The maximum absolute atomic E-state index is 6.02. The molecule has 2 aromatic carbocycles. The second kappa shape index (κ2) is 5.47. The molecule has 0 fully saturated rings. The van der Waals surface area contributed by atoms with Crippen LogP contribution in [0.3, 0.4) is 0 Å². The molecule has 2 nitrogen and oxygen atoms in total. The average molecular weight is 272 g/mol. The third-order valence-electron chi connectivity index (χ3n) is 3.08. The molecular weight excluding hydrogens is 258 g/mol. The molecule has 0 amide bonds. The third-order valence-corrected chi connectivity index (χ3v) is 3.31. The van der Waals surface area contributed by atoms with Crippen molar-refractivity contribution >= 4 is 22.5 Å². The monoisotopic (exact) mass is 271 g/mol. The molecule has 0 bridgehead atoms. The first-order valence-electron chi connectivity index (χ1n) is 6.19. The van der Waals surface area contributed by atoms with Crippen LogP contribution < -0.4 is 0 Å². The molecule has 3 aromatic rings. The van der Waals surface area contributed by atoms with E-state index in [1.165, 1.54) is 10.9 Å². The number of benzene rings is 2. The molecule has 0 atom stereocenters. The van der Waals surface area contributed by atoms with Gasteiger partial charge in [-0.05, 0) is 29.1 Å². The molecule has 0 unspecified atom stereocenters. The molecule has 1 aromatic heterocycles. The van der Waals surface area contributed by atoms with Crippen LogP contribution in [0.2, 0.25) is 5.02 Å². The van der Waals surface area contributed by atoms with Crippen LogP contribution in [0.5, 0.6) is 0 Å². The van der Waals surface area contributed by atoms with Crippen LogP contribution in [-0.4, -0.2) is 4.57 Å². The topological polar surface area (TPSA) is 14.2 Å². The second-order valence-corrected chi connectivity index (χ2v) is 4.89. The quantitative estimate of drug-likeness (QED) is 0.683. The maximum atomic E-state index is 6.02. The lowest BCUT2D eigenvalue weighted by molar-refractivity contribution is 0.0668. The van der Waals surface area contributed by atoms with Crippen LogP contribution in [0, 0.1) is 0 Å². The van der Waals surface area contributed by atoms with Gasteiger partial charge in [0.1, 0.15) is 6.73 Å². The molecule has 0 saturated heterocycles. The van der Waals surface area contributed by atoms with E-state index >= 15 is 0 Å². The minimum Gasteiger partial charge on any atom is -0.356 e. The fourth-order valence-corrected chi connectivity index (χ4v) is 2.27. The summed E-state index contributed by atoms with van der Waals surface area (Å²) in [5.74, 6) is 0. The molecule has 19 heavy (non-hydrogen) atoms. The SMILES string of the molecule is Clc1ccc2ccn(COCc3ccccc3)c2c1. The first kappa shape index (κ1) is 12.3. The van der Waals surface area contributed by atoms with Crippen molar-refractivity contribution in [3.8, 4) is 0 Å². The number of nitrogens with zero attached hydrogens (tertiary/aromatic N) is 1. The van der Waals surface area contributed by atoms with Crippen molar-refractivity contribution in [1.82, 2.24) is 4.57 Å². The van der Waals surface area contributed by atoms with Gasteiger partial charge in [-0.2, -0.15) is 0 Å². The minimum absolute atomic E-state index is 0.527. The lowest BCUT2D eigenvalue weighted by Crippen LogP contribution is -2.01. The van der Waals surface area contributed by atoms with Crippen LogP contribution >= 0.6 is 11.6 Å². The number of rotatable bonds is 4. The Morgan fingerprint density at radius 3 is 2.68 bits per heavy atom. The third kappa shape index (κ3) is 2.80. The molecule has 0 aliphatic carbocycles. The summed E-state index contributed by atoms with van der Waals surface area (Å²) in [5.41, 5.74) is 2.28. The first-order chi connectivity index (χ1) is 9.33. The normalized spacial score (nSPS) is 11.0. The van der Waals surface area contributed by atoms with E-state index < -0.39 is 0 Å². The van der Waals surface area contributed by atoms with Crippen molar-refractivity contribution in [3.63, 3.8) is 0 Å². The zero-order chi connectivity index (χ0) is 13.1. The number of ether oxygens (including phenoxy) is 1. The van der Waals surface area contributed by atoms with E-state index in [-0.39, 0.29) is 0 Å². The lowest BCUT2D eigenvalue weighted by Gasteiger charge is -2.07. The van der Waals surface area contributed by atoms with Gasteiger partial charge in [-0.15, -0.1) is 0 Å². The molecule has 1 heterocycles. The van der Waals surface area contributed by atoms with E-state index in [1.54, 1.807) is 0 Å². The van der Waals surface area contributed by atoms with Crippen molar-refractivity contribution in [2.24, 2.45) is 0 Å². The molecule has 0 radical (unpaired) electrons. The van der Waals surface area contributed by atoms with Gasteiger partial charge < -0.3 is 9.30 Å². The van der Waals surface area contributed by atoms with E-state index in [0.29, 0.717) is 13.3 Å². The Morgan fingerprint density at radius 2 is 1.84 bits per heavy atom. The van der Waals surface area contributed by atoms with Crippen LogP contribution in [0.15, 0.2) is 60.8 Å². The molecule has 96 valence electrons. The summed E-state index contributed by atoms with van der Waals surface area (Å²) in [5, 5.41) is 1.92. The molecule has 3 rings (SSSR count). The summed E-state index contributed by atoms with van der Waals surface area (Å²) in [4.78, 5) is 0. The fourth-order valence-electron chi connectivity index (χ4n) is 2.11. The summed E-state index contributed by atoms with van der Waals surface area (Å²) in [6.45, 7) is 1.14. The standard InChI is InChI=1S/C16H14ClNO/c17-15-7-6-14-8-9-18(16(14)10-15)12-19-11-13-4-2-1-3-5-13/h1-10H,11-12H2. The second-order valence-electron chi connectivity index (χ2n) is 4.45. The van der Waals surface area contributed by atoms with Gasteiger partial charge in [0.05, 0.1) is 12.1 Å². The number of aromatic nitrogens is 1. The van der Waals surface area contributed by atoms with Gasteiger partial charge in [0.2, 0.25) is 0 Å². The van der Waals surface area contributed by atoms with Gasteiger partial charge in [0.15, 0.2) is 0 Å². The van der Waals surface area contributed by atoms with E-state index in [1.807, 2.05) is 42.6 Å². The van der Waals surface area contributed by atoms with Crippen molar-refractivity contribution in [2.45, 2.75) is 13.3 Å². The molecule has 3 heteroatoms. The molecule has 0 N–H and O–H groups in total. The molecule has 0 spiro atoms. The predicted octanol–water partition coefficient (Wildman–Crippen LogP) is 4.47. The lowest BCUT2D eigenvalue weighted by atomic mass is 10.2. The highest BCUT2D eigenvalue weighted by Crippen LogP contribution is 2.20. The summed E-state index contributed by atoms with van der Waals surface area (Å²) >= 11 is 6.02. The Morgan fingerprint density at radius 1 is 1.00 bits per heavy atom.